The number of carbonyl (C=O) groups excluding carboxylic acids is 1. The number of rotatable bonds is 6. The van der Waals surface area contributed by atoms with Gasteiger partial charge in [0.05, 0.1) is 5.39 Å². The van der Waals surface area contributed by atoms with E-state index in [-0.39, 0.29) is 34.5 Å². The van der Waals surface area contributed by atoms with E-state index in [1.165, 1.54) is 16.7 Å². The number of likely N-dealkylation sites (tertiary alicyclic amines) is 1. The molecule has 4 fully saturated rings. The zero-order chi connectivity index (χ0) is 25.9. The molecule has 4 aliphatic rings. The number of pyridine rings is 2. The lowest BCUT2D eigenvalue weighted by atomic mass is 9.43. The topological polar surface area (TPSA) is 87.5 Å². The third-order valence-electron chi connectivity index (χ3n) is 8.83. The van der Waals surface area contributed by atoms with Crippen LogP contribution in [0.15, 0.2) is 41.3 Å². The molecular formula is C28H30F2N4O3. The maximum atomic E-state index is 13.6. The zero-order valence-corrected chi connectivity index (χ0v) is 20.7. The van der Waals surface area contributed by atoms with Crippen molar-refractivity contribution >= 4 is 16.9 Å². The van der Waals surface area contributed by atoms with Crippen molar-refractivity contribution in [3.05, 3.63) is 58.3 Å². The molecular weight excluding hydrogens is 478 g/mol. The number of nitrogens with zero attached hydrogens (tertiary/aromatic N) is 3. The first kappa shape index (κ1) is 24.0. The number of hydrogen-bond acceptors (Lipinski definition) is 5. The summed E-state index contributed by atoms with van der Waals surface area (Å²) in [5, 5.41) is 14.5. The fraction of sp³-hybridized carbons (Fsp3) is 0.464. The van der Waals surface area contributed by atoms with Gasteiger partial charge < -0.3 is 15.3 Å². The summed E-state index contributed by atoms with van der Waals surface area (Å²) in [4.78, 5) is 33.6. The van der Waals surface area contributed by atoms with Gasteiger partial charge in [-0.3, -0.25) is 14.2 Å². The minimum absolute atomic E-state index is 0.249. The van der Waals surface area contributed by atoms with Gasteiger partial charge in [-0.15, -0.1) is 0 Å². The highest BCUT2D eigenvalue weighted by Gasteiger charge is 2.63. The van der Waals surface area contributed by atoms with E-state index in [4.69, 9.17) is 0 Å². The van der Waals surface area contributed by atoms with Crippen molar-refractivity contribution in [2.75, 3.05) is 19.6 Å². The third kappa shape index (κ3) is 4.00. The molecule has 1 amide bonds. The van der Waals surface area contributed by atoms with Gasteiger partial charge in [-0.1, -0.05) is 19.1 Å². The Morgan fingerprint density at radius 1 is 1.16 bits per heavy atom. The van der Waals surface area contributed by atoms with Gasteiger partial charge in [0, 0.05) is 43.5 Å². The fourth-order valence-corrected chi connectivity index (χ4v) is 6.13. The first-order chi connectivity index (χ1) is 17.8. The molecule has 0 radical (unpaired) electrons. The van der Waals surface area contributed by atoms with E-state index in [0.717, 1.165) is 12.8 Å². The Kier molecular flexibility index (Phi) is 5.78. The van der Waals surface area contributed by atoms with Crippen LogP contribution >= 0.6 is 0 Å². The van der Waals surface area contributed by atoms with E-state index in [1.54, 1.807) is 24.4 Å². The molecule has 3 aliphatic carbocycles. The van der Waals surface area contributed by atoms with Crippen molar-refractivity contribution in [3.8, 4) is 16.9 Å². The summed E-state index contributed by atoms with van der Waals surface area (Å²) in [5.41, 5.74) is 0.400. The molecule has 194 valence electrons. The van der Waals surface area contributed by atoms with E-state index in [9.17, 15) is 23.5 Å². The van der Waals surface area contributed by atoms with Gasteiger partial charge in [-0.2, -0.15) is 0 Å². The van der Waals surface area contributed by atoms with Gasteiger partial charge >= 0.3 is 0 Å². The molecule has 0 spiro atoms. The van der Waals surface area contributed by atoms with Gasteiger partial charge in [-0.05, 0) is 61.3 Å². The molecule has 2 N–H and O–H groups in total. The third-order valence-corrected chi connectivity index (χ3v) is 8.83. The standard InChI is InChI=1S/C28H30F2N4O3/c1-16-19-13-28(16,14-19)32-26(36)23-24(35)22-12-18(17-2-4-20(29)5-3-17)15-31-25(22)34(27(23)37)11-10-33-8-6-21(30)7-9-33/h2-5,12,15-16,19,21,35H,6-11,13-14H2,1H3,(H,32,36)/t16-,19?,28?/m1/s1. The first-order valence-electron chi connectivity index (χ1n) is 13.0. The van der Waals surface area contributed by atoms with Crippen LogP contribution in [0.2, 0.25) is 0 Å². The highest BCUT2D eigenvalue weighted by atomic mass is 19.1. The van der Waals surface area contributed by atoms with Gasteiger partial charge in [0.2, 0.25) is 0 Å². The lowest BCUT2D eigenvalue weighted by Crippen LogP contribution is -2.74. The highest BCUT2D eigenvalue weighted by molar-refractivity contribution is 6.02. The second kappa shape index (κ2) is 8.90. The molecule has 1 atom stereocenters. The van der Waals surface area contributed by atoms with Crippen LogP contribution in [-0.4, -0.2) is 56.8 Å². The van der Waals surface area contributed by atoms with Crippen molar-refractivity contribution in [2.24, 2.45) is 11.8 Å². The summed E-state index contributed by atoms with van der Waals surface area (Å²) in [6, 6.07) is 7.57. The quantitative estimate of drug-likeness (QED) is 0.528. The summed E-state index contributed by atoms with van der Waals surface area (Å²) in [7, 11) is 0. The van der Waals surface area contributed by atoms with Crippen LogP contribution < -0.4 is 10.9 Å². The molecule has 1 saturated heterocycles. The van der Waals surface area contributed by atoms with Crippen LogP contribution in [0.3, 0.4) is 0 Å². The van der Waals surface area contributed by atoms with E-state index < -0.39 is 23.4 Å². The molecule has 7 rings (SSSR count). The zero-order valence-electron chi connectivity index (χ0n) is 20.7. The molecule has 7 nitrogen and oxygen atoms in total. The Morgan fingerprint density at radius 2 is 1.86 bits per heavy atom. The minimum Gasteiger partial charge on any atom is -0.506 e. The minimum atomic E-state index is -0.797. The number of fused-ring (bicyclic) bond motifs is 1. The predicted octanol–water partition coefficient (Wildman–Crippen LogP) is 3.87. The molecule has 3 aromatic rings. The largest absolute Gasteiger partial charge is 0.506 e. The van der Waals surface area contributed by atoms with Gasteiger partial charge in [0.25, 0.3) is 11.5 Å². The Hall–Kier alpha value is -3.33. The number of benzene rings is 1. The SMILES string of the molecule is C[C@@H]1C2CC1(NC(=O)c1c(O)c3cc(-c4ccc(F)cc4)cnc3n(CCN3CCC(F)CC3)c1=O)C2. The average Bonchev–Trinajstić information content (AvgIpc) is 2.87. The highest BCUT2D eigenvalue weighted by Crippen LogP contribution is 2.61. The normalized spacial score (nSPS) is 25.5. The van der Waals surface area contributed by atoms with E-state index in [1.807, 2.05) is 0 Å². The van der Waals surface area contributed by atoms with Crippen molar-refractivity contribution in [1.82, 2.24) is 19.8 Å². The van der Waals surface area contributed by atoms with Crippen LogP contribution in [0, 0.1) is 17.7 Å². The van der Waals surface area contributed by atoms with Gasteiger partial charge in [0.1, 0.15) is 28.9 Å². The Balaban J connectivity index is 1.40. The summed E-state index contributed by atoms with van der Waals surface area (Å²) in [6.45, 7) is 4.04. The monoisotopic (exact) mass is 508 g/mol. The molecule has 2 aromatic heterocycles. The molecule has 0 unspecified atom stereocenters. The summed E-state index contributed by atoms with van der Waals surface area (Å²) >= 11 is 0. The lowest BCUT2D eigenvalue weighted by Gasteiger charge is -2.67. The number of halogens is 2. The number of amides is 1. The lowest BCUT2D eigenvalue weighted by molar-refractivity contribution is -0.118. The summed E-state index contributed by atoms with van der Waals surface area (Å²) in [6.07, 6.45) is 3.48. The predicted molar refractivity (Wildman–Crippen MR) is 136 cm³/mol. The molecule has 37 heavy (non-hydrogen) atoms. The first-order valence-corrected chi connectivity index (χ1v) is 13.0. The van der Waals surface area contributed by atoms with E-state index in [0.29, 0.717) is 55.4 Å². The fourth-order valence-electron chi connectivity index (χ4n) is 6.13. The van der Waals surface area contributed by atoms with E-state index in [2.05, 4.69) is 22.1 Å². The Morgan fingerprint density at radius 3 is 2.49 bits per heavy atom. The van der Waals surface area contributed by atoms with Crippen molar-refractivity contribution in [2.45, 2.75) is 50.9 Å². The van der Waals surface area contributed by atoms with Gasteiger partial charge in [0.15, 0.2) is 0 Å². The second-order valence-corrected chi connectivity index (χ2v) is 10.9. The average molecular weight is 509 g/mol. The van der Waals surface area contributed by atoms with Gasteiger partial charge in [-0.25, -0.2) is 13.8 Å². The van der Waals surface area contributed by atoms with Crippen molar-refractivity contribution in [1.29, 1.82) is 0 Å². The maximum Gasteiger partial charge on any atom is 0.268 e. The van der Waals surface area contributed by atoms with Crippen LogP contribution in [0.25, 0.3) is 22.2 Å². The summed E-state index contributed by atoms with van der Waals surface area (Å²) < 4.78 is 28.5. The molecule has 1 aliphatic heterocycles. The van der Waals surface area contributed by atoms with Crippen LogP contribution in [0.1, 0.15) is 43.0 Å². The molecule has 1 aromatic carbocycles. The van der Waals surface area contributed by atoms with Crippen LogP contribution in [0.5, 0.6) is 5.75 Å². The number of piperidine rings is 1. The number of nitrogens with one attached hydrogen (secondary N) is 1. The number of aromatic nitrogens is 2. The van der Waals surface area contributed by atoms with Crippen LogP contribution in [0.4, 0.5) is 8.78 Å². The summed E-state index contributed by atoms with van der Waals surface area (Å²) in [5.74, 6) is -0.381. The van der Waals surface area contributed by atoms with E-state index >= 15 is 0 Å². The Bertz CT molecular complexity index is 1420. The van der Waals surface area contributed by atoms with Crippen LogP contribution in [-0.2, 0) is 6.54 Å². The number of alkyl halides is 1. The molecule has 3 heterocycles. The Labute approximate surface area is 213 Å². The maximum absolute atomic E-state index is 13.6. The molecule has 2 bridgehead atoms. The number of hydrogen-bond donors (Lipinski definition) is 2. The second-order valence-electron chi connectivity index (χ2n) is 10.9. The number of carbonyl (C=O) groups is 1. The van der Waals surface area contributed by atoms with Crippen molar-refractivity contribution in [3.63, 3.8) is 0 Å². The number of aromatic hydroxyl groups is 1. The van der Waals surface area contributed by atoms with Crippen molar-refractivity contribution < 1.29 is 18.7 Å². The molecule has 3 saturated carbocycles. The molecule has 9 heteroatoms. The smallest absolute Gasteiger partial charge is 0.268 e.